The van der Waals surface area contributed by atoms with E-state index in [1.807, 2.05) is 31.2 Å². The van der Waals surface area contributed by atoms with Gasteiger partial charge in [0.2, 0.25) is 0 Å². The molecule has 0 aliphatic carbocycles. The van der Waals surface area contributed by atoms with Gasteiger partial charge in [0.25, 0.3) is 0 Å². The minimum Gasteiger partial charge on any atom is -0.485 e. The monoisotopic (exact) mass is 304 g/mol. The van der Waals surface area contributed by atoms with Crippen LogP contribution in [0.5, 0.6) is 11.5 Å². The van der Waals surface area contributed by atoms with Gasteiger partial charge in [-0.1, -0.05) is 37.6 Å². The summed E-state index contributed by atoms with van der Waals surface area (Å²) in [7, 11) is 0. The Hall–Kier alpha value is -1.81. The fraction of sp³-hybridized carbons (Fsp3) is 0.375. The summed E-state index contributed by atoms with van der Waals surface area (Å²) in [4.78, 5) is 8.95. The molecule has 3 rings (SSSR count). The Labute approximate surface area is 129 Å². The average molecular weight is 305 g/mol. The van der Waals surface area contributed by atoms with Crippen LogP contribution >= 0.6 is 11.6 Å². The van der Waals surface area contributed by atoms with E-state index >= 15 is 0 Å². The molecule has 0 bridgehead atoms. The highest BCUT2D eigenvalue weighted by atomic mass is 35.5. The van der Waals surface area contributed by atoms with Gasteiger partial charge in [0.15, 0.2) is 23.4 Å². The fourth-order valence-electron chi connectivity index (χ4n) is 2.51. The van der Waals surface area contributed by atoms with Gasteiger partial charge in [-0.05, 0) is 25.0 Å². The third-order valence-corrected chi connectivity index (χ3v) is 3.77. The summed E-state index contributed by atoms with van der Waals surface area (Å²) in [5, 5.41) is 0.495. The molecule has 1 aromatic heterocycles. The Bertz CT molecular complexity index is 650. The Morgan fingerprint density at radius 1 is 1.19 bits per heavy atom. The Kier molecular flexibility index (Phi) is 3.72. The number of aromatic nitrogens is 2. The SMILES string of the molecule is Cc1nc(C2COc3ccccc3O2)nc(Cl)c1C(C)C. The van der Waals surface area contributed by atoms with Gasteiger partial charge in [0, 0.05) is 11.3 Å². The van der Waals surface area contributed by atoms with Crippen LogP contribution in [0.15, 0.2) is 24.3 Å². The minimum absolute atomic E-state index is 0.288. The number of ether oxygens (including phenoxy) is 2. The molecule has 0 radical (unpaired) electrons. The highest BCUT2D eigenvalue weighted by Crippen LogP contribution is 2.36. The second kappa shape index (κ2) is 5.53. The molecule has 1 atom stereocenters. The zero-order chi connectivity index (χ0) is 15.0. The molecule has 0 N–H and O–H groups in total. The lowest BCUT2D eigenvalue weighted by molar-refractivity contribution is 0.0849. The molecule has 1 unspecified atom stereocenters. The fourth-order valence-corrected chi connectivity index (χ4v) is 2.96. The Morgan fingerprint density at radius 2 is 1.90 bits per heavy atom. The normalized spacial score (nSPS) is 17.1. The summed E-state index contributed by atoms with van der Waals surface area (Å²) in [6.45, 7) is 6.49. The maximum Gasteiger partial charge on any atom is 0.192 e. The highest BCUT2D eigenvalue weighted by Gasteiger charge is 2.26. The third kappa shape index (κ3) is 2.68. The lowest BCUT2D eigenvalue weighted by Gasteiger charge is -2.26. The molecule has 21 heavy (non-hydrogen) atoms. The van der Waals surface area contributed by atoms with Gasteiger partial charge in [-0.3, -0.25) is 0 Å². The molecule has 1 aliphatic rings. The zero-order valence-electron chi connectivity index (χ0n) is 12.3. The summed E-state index contributed by atoms with van der Waals surface area (Å²) in [6, 6.07) is 7.58. The van der Waals surface area contributed by atoms with Gasteiger partial charge in [0.05, 0.1) is 0 Å². The van der Waals surface area contributed by atoms with Crippen molar-refractivity contribution in [1.82, 2.24) is 9.97 Å². The number of fused-ring (bicyclic) bond motifs is 1. The molecule has 4 nitrogen and oxygen atoms in total. The molecule has 0 saturated carbocycles. The first kappa shape index (κ1) is 14.1. The van der Waals surface area contributed by atoms with Crippen molar-refractivity contribution in [3.05, 3.63) is 46.5 Å². The van der Waals surface area contributed by atoms with Crippen molar-refractivity contribution in [3.63, 3.8) is 0 Å². The van der Waals surface area contributed by atoms with Crippen LogP contribution in [0, 0.1) is 6.92 Å². The molecule has 0 saturated heterocycles. The maximum absolute atomic E-state index is 6.30. The van der Waals surface area contributed by atoms with E-state index in [9.17, 15) is 0 Å². The van der Waals surface area contributed by atoms with Crippen molar-refractivity contribution < 1.29 is 9.47 Å². The number of halogens is 1. The molecular formula is C16H17ClN2O2. The first-order valence-corrected chi connectivity index (χ1v) is 7.36. The Balaban J connectivity index is 1.92. The molecule has 0 spiro atoms. The van der Waals surface area contributed by atoms with E-state index in [1.165, 1.54) is 0 Å². The summed E-state index contributed by atoms with van der Waals surface area (Å²) < 4.78 is 11.6. The summed E-state index contributed by atoms with van der Waals surface area (Å²) in [5.41, 5.74) is 1.88. The number of nitrogens with zero attached hydrogens (tertiary/aromatic N) is 2. The minimum atomic E-state index is -0.336. The molecule has 110 valence electrons. The highest BCUT2D eigenvalue weighted by molar-refractivity contribution is 6.30. The van der Waals surface area contributed by atoms with Crippen molar-refractivity contribution in [1.29, 1.82) is 0 Å². The molecule has 2 heterocycles. The molecule has 1 aromatic carbocycles. The van der Waals surface area contributed by atoms with Crippen LogP contribution in [0.2, 0.25) is 5.15 Å². The van der Waals surface area contributed by atoms with Crippen molar-refractivity contribution in [3.8, 4) is 11.5 Å². The smallest absolute Gasteiger partial charge is 0.192 e. The third-order valence-electron chi connectivity index (χ3n) is 3.48. The molecule has 2 aromatic rings. The number of hydrogen-bond acceptors (Lipinski definition) is 4. The summed E-state index contributed by atoms with van der Waals surface area (Å²) in [6.07, 6.45) is -0.336. The number of rotatable bonds is 2. The van der Waals surface area contributed by atoms with E-state index in [1.54, 1.807) is 0 Å². The van der Waals surface area contributed by atoms with Crippen LogP contribution in [0.4, 0.5) is 0 Å². The predicted molar refractivity (Wildman–Crippen MR) is 81.2 cm³/mol. The van der Waals surface area contributed by atoms with Crippen molar-refractivity contribution in [2.45, 2.75) is 32.8 Å². The standard InChI is InChI=1S/C16H17ClN2O2/c1-9(2)14-10(3)18-16(19-15(14)17)13-8-20-11-6-4-5-7-12(11)21-13/h4-7,9,13H,8H2,1-3H3. The zero-order valence-corrected chi connectivity index (χ0v) is 13.0. The lowest BCUT2D eigenvalue weighted by atomic mass is 10.0. The van der Waals surface area contributed by atoms with Gasteiger partial charge in [0.1, 0.15) is 11.8 Å². The van der Waals surface area contributed by atoms with Crippen LogP contribution in [-0.4, -0.2) is 16.6 Å². The number of benzene rings is 1. The molecule has 1 aliphatic heterocycles. The van der Waals surface area contributed by atoms with Crippen molar-refractivity contribution in [2.24, 2.45) is 0 Å². The van der Waals surface area contributed by atoms with E-state index in [2.05, 4.69) is 23.8 Å². The van der Waals surface area contributed by atoms with E-state index in [4.69, 9.17) is 21.1 Å². The van der Waals surface area contributed by atoms with Gasteiger partial charge < -0.3 is 9.47 Å². The lowest BCUT2D eigenvalue weighted by Crippen LogP contribution is -2.24. The van der Waals surface area contributed by atoms with E-state index < -0.39 is 0 Å². The quantitative estimate of drug-likeness (QED) is 0.784. The van der Waals surface area contributed by atoms with E-state index in [-0.39, 0.29) is 12.0 Å². The van der Waals surface area contributed by atoms with Gasteiger partial charge in [-0.15, -0.1) is 0 Å². The predicted octanol–water partition coefficient (Wildman–Crippen LogP) is 4.07. The summed E-state index contributed by atoms with van der Waals surface area (Å²) in [5.74, 6) is 2.31. The average Bonchev–Trinajstić information content (AvgIpc) is 2.45. The molecular weight excluding hydrogens is 288 g/mol. The second-order valence-corrected chi connectivity index (χ2v) is 5.75. The van der Waals surface area contributed by atoms with Crippen LogP contribution in [0.3, 0.4) is 0 Å². The van der Waals surface area contributed by atoms with Crippen LogP contribution < -0.4 is 9.47 Å². The first-order valence-electron chi connectivity index (χ1n) is 6.98. The van der Waals surface area contributed by atoms with Crippen LogP contribution in [0.1, 0.15) is 43.0 Å². The maximum atomic E-state index is 6.30. The van der Waals surface area contributed by atoms with E-state index in [0.717, 1.165) is 17.0 Å². The number of hydrogen-bond donors (Lipinski definition) is 0. The van der Waals surface area contributed by atoms with Crippen LogP contribution in [0.25, 0.3) is 0 Å². The van der Waals surface area contributed by atoms with Gasteiger partial charge in [-0.25, -0.2) is 9.97 Å². The number of aryl methyl sites for hydroxylation is 1. The van der Waals surface area contributed by atoms with Gasteiger partial charge in [-0.2, -0.15) is 0 Å². The van der Waals surface area contributed by atoms with Crippen LogP contribution in [-0.2, 0) is 0 Å². The van der Waals surface area contributed by atoms with Crippen molar-refractivity contribution in [2.75, 3.05) is 6.61 Å². The largest absolute Gasteiger partial charge is 0.485 e. The second-order valence-electron chi connectivity index (χ2n) is 5.39. The van der Waals surface area contributed by atoms with Crippen molar-refractivity contribution >= 4 is 11.6 Å². The topological polar surface area (TPSA) is 44.2 Å². The first-order chi connectivity index (χ1) is 10.1. The Morgan fingerprint density at radius 3 is 2.57 bits per heavy atom. The van der Waals surface area contributed by atoms with E-state index in [0.29, 0.717) is 23.3 Å². The molecule has 0 fully saturated rings. The molecule has 0 amide bonds. The summed E-state index contributed by atoms with van der Waals surface area (Å²) >= 11 is 6.30. The van der Waals surface area contributed by atoms with Gasteiger partial charge >= 0.3 is 0 Å². The number of para-hydroxylation sites is 2. The molecule has 5 heteroatoms.